The van der Waals surface area contributed by atoms with E-state index >= 15 is 0 Å². The third-order valence-electron chi connectivity index (χ3n) is 3.94. The Morgan fingerprint density at radius 1 is 1.29 bits per heavy atom. The molecule has 6 nitrogen and oxygen atoms in total. The highest BCUT2D eigenvalue weighted by atomic mass is 32.1. The lowest BCUT2D eigenvalue weighted by Crippen LogP contribution is -2.03. The number of benzene rings is 2. The Balaban J connectivity index is 2.11. The molecule has 0 unspecified atom stereocenters. The molecule has 0 aliphatic heterocycles. The number of aromatic nitrogens is 1. The Labute approximate surface area is 160 Å². The van der Waals surface area contributed by atoms with Crippen molar-refractivity contribution in [3.63, 3.8) is 0 Å². The highest BCUT2D eigenvalue weighted by Gasteiger charge is 2.31. The van der Waals surface area contributed by atoms with Crippen LogP contribution in [0, 0.1) is 28.4 Å². The molecule has 10 heteroatoms. The van der Waals surface area contributed by atoms with Crippen LogP contribution < -0.4 is 0 Å². The number of halogens is 3. The van der Waals surface area contributed by atoms with E-state index in [0.29, 0.717) is 4.70 Å². The molecule has 0 bridgehead atoms. The van der Waals surface area contributed by atoms with E-state index in [1.54, 1.807) is 6.07 Å². The first-order valence-corrected chi connectivity index (χ1v) is 8.50. The molecule has 2 aromatic carbocycles. The molecule has 28 heavy (non-hydrogen) atoms. The minimum atomic E-state index is -4.52. The minimum absolute atomic E-state index is 0.0466. The average Bonchev–Trinajstić information content (AvgIpc) is 3.03. The number of allylic oxidation sites excluding steroid dienone is 1. The molecule has 1 heterocycles. The Kier molecular flexibility index (Phi) is 4.79. The van der Waals surface area contributed by atoms with Crippen LogP contribution in [-0.2, 0) is 6.18 Å². The Morgan fingerprint density at radius 3 is 2.57 bits per heavy atom. The van der Waals surface area contributed by atoms with Crippen LogP contribution in [0.3, 0.4) is 0 Å². The summed E-state index contributed by atoms with van der Waals surface area (Å²) in [6.07, 6.45) is -4.52. The van der Waals surface area contributed by atoms with Gasteiger partial charge < -0.3 is 5.11 Å². The SMILES string of the molecule is Cc1cc(C(O)=C(C#N)c2nc3cc(C(F)(F)F)ccc3s2)ccc1[N+](=O)[O-]. The maximum Gasteiger partial charge on any atom is 0.416 e. The summed E-state index contributed by atoms with van der Waals surface area (Å²) in [6, 6.07) is 8.67. The Morgan fingerprint density at radius 2 is 2.00 bits per heavy atom. The molecule has 0 atom stereocenters. The largest absolute Gasteiger partial charge is 0.506 e. The third-order valence-corrected chi connectivity index (χ3v) is 5.00. The summed E-state index contributed by atoms with van der Waals surface area (Å²) in [6.45, 7) is 1.48. The van der Waals surface area contributed by atoms with Gasteiger partial charge in [0.05, 0.1) is 20.7 Å². The molecule has 0 saturated carbocycles. The molecule has 3 rings (SSSR count). The second kappa shape index (κ2) is 6.94. The smallest absolute Gasteiger partial charge is 0.416 e. The molecular formula is C18H10F3N3O3S. The summed E-state index contributed by atoms with van der Waals surface area (Å²) < 4.78 is 39.0. The van der Waals surface area contributed by atoms with E-state index in [4.69, 9.17) is 0 Å². The molecule has 1 N–H and O–H groups in total. The molecule has 0 spiro atoms. The number of aliphatic hydroxyl groups is 1. The van der Waals surface area contributed by atoms with Gasteiger partial charge in [0.15, 0.2) is 0 Å². The van der Waals surface area contributed by atoms with Crippen molar-refractivity contribution in [3.05, 3.63) is 68.2 Å². The molecule has 0 amide bonds. The van der Waals surface area contributed by atoms with Gasteiger partial charge in [-0.3, -0.25) is 10.1 Å². The predicted octanol–water partition coefficient (Wildman–Crippen LogP) is 5.48. The number of nitro benzene ring substituents is 1. The van der Waals surface area contributed by atoms with Crippen molar-refractivity contribution in [2.24, 2.45) is 0 Å². The highest BCUT2D eigenvalue weighted by molar-refractivity contribution is 7.19. The van der Waals surface area contributed by atoms with Crippen LogP contribution in [0.4, 0.5) is 18.9 Å². The van der Waals surface area contributed by atoms with Gasteiger partial charge in [-0.05, 0) is 37.3 Å². The quantitative estimate of drug-likeness (QED) is 0.269. The molecule has 0 aliphatic carbocycles. The second-order valence-corrected chi connectivity index (χ2v) is 6.82. The molecule has 0 aliphatic rings. The maximum absolute atomic E-state index is 12.9. The summed E-state index contributed by atoms with van der Waals surface area (Å²) in [5.74, 6) is -0.462. The molecule has 3 aromatic rings. The van der Waals surface area contributed by atoms with Gasteiger partial charge in [-0.15, -0.1) is 11.3 Å². The van der Waals surface area contributed by atoms with E-state index in [2.05, 4.69) is 4.98 Å². The topological polar surface area (TPSA) is 100 Å². The predicted molar refractivity (Wildman–Crippen MR) is 97.5 cm³/mol. The van der Waals surface area contributed by atoms with Crippen LogP contribution in [0.1, 0.15) is 21.7 Å². The van der Waals surface area contributed by atoms with Crippen LogP contribution >= 0.6 is 11.3 Å². The summed E-state index contributed by atoms with van der Waals surface area (Å²) in [5.41, 5.74) is -0.747. The number of hydrogen-bond acceptors (Lipinski definition) is 6. The first kappa shape index (κ1) is 19.3. The third kappa shape index (κ3) is 3.52. The van der Waals surface area contributed by atoms with Crippen LogP contribution in [-0.4, -0.2) is 15.0 Å². The van der Waals surface area contributed by atoms with Gasteiger partial charge in [-0.1, -0.05) is 0 Å². The lowest BCUT2D eigenvalue weighted by molar-refractivity contribution is -0.385. The normalized spacial score (nSPS) is 12.5. The first-order chi connectivity index (χ1) is 13.1. The lowest BCUT2D eigenvalue weighted by atomic mass is 10.1. The fraction of sp³-hybridized carbons (Fsp3) is 0.111. The fourth-order valence-electron chi connectivity index (χ4n) is 2.56. The van der Waals surface area contributed by atoms with Gasteiger partial charge in [-0.2, -0.15) is 18.4 Å². The van der Waals surface area contributed by atoms with Crippen LogP contribution in [0.5, 0.6) is 0 Å². The van der Waals surface area contributed by atoms with Gasteiger partial charge >= 0.3 is 6.18 Å². The highest BCUT2D eigenvalue weighted by Crippen LogP contribution is 2.35. The number of fused-ring (bicyclic) bond motifs is 1. The zero-order valence-corrected chi connectivity index (χ0v) is 14.9. The minimum Gasteiger partial charge on any atom is -0.506 e. The van der Waals surface area contributed by atoms with Gasteiger partial charge in [0, 0.05) is 17.2 Å². The van der Waals surface area contributed by atoms with Crippen molar-refractivity contribution in [2.45, 2.75) is 13.1 Å². The number of hydrogen-bond donors (Lipinski definition) is 1. The van der Waals surface area contributed by atoms with Gasteiger partial charge in [0.1, 0.15) is 22.4 Å². The molecule has 0 saturated heterocycles. The Bertz CT molecular complexity index is 1180. The van der Waals surface area contributed by atoms with Gasteiger partial charge in [0.2, 0.25) is 0 Å². The fourth-order valence-corrected chi connectivity index (χ4v) is 3.51. The van der Waals surface area contributed by atoms with Crippen molar-refractivity contribution in [3.8, 4) is 6.07 Å². The van der Waals surface area contributed by atoms with Crippen LogP contribution in [0.2, 0.25) is 0 Å². The van der Waals surface area contributed by atoms with E-state index in [1.165, 1.54) is 31.2 Å². The van der Waals surface area contributed by atoms with Gasteiger partial charge in [-0.25, -0.2) is 4.98 Å². The molecular weight excluding hydrogens is 395 g/mol. The second-order valence-electron chi connectivity index (χ2n) is 5.79. The van der Waals surface area contributed by atoms with Crippen LogP contribution in [0.25, 0.3) is 21.5 Å². The molecule has 142 valence electrons. The van der Waals surface area contributed by atoms with Crippen LogP contribution in [0.15, 0.2) is 36.4 Å². The number of aliphatic hydroxyl groups excluding tert-OH is 1. The summed E-state index contributed by atoms with van der Waals surface area (Å²) in [4.78, 5) is 14.4. The molecule has 0 fully saturated rings. The van der Waals surface area contributed by atoms with Crippen molar-refractivity contribution in [1.29, 1.82) is 5.26 Å². The summed E-state index contributed by atoms with van der Waals surface area (Å²) >= 11 is 0.957. The Hall–Kier alpha value is -3.45. The number of nitriles is 1. The van der Waals surface area contributed by atoms with E-state index in [0.717, 1.165) is 23.5 Å². The van der Waals surface area contributed by atoms with E-state index in [1.807, 2.05) is 0 Å². The van der Waals surface area contributed by atoms with Crippen molar-refractivity contribution >= 4 is 38.6 Å². The number of thiazole rings is 1. The lowest BCUT2D eigenvalue weighted by Gasteiger charge is -2.05. The van der Waals surface area contributed by atoms with Crippen molar-refractivity contribution in [1.82, 2.24) is 4.98 Å². The van der Waals surface area contributed by atoms with E-state index < -0.39 is 22.4 Å². The number of rotatable bonds is 3. The van der Waals surface area contributed by atoms with Crippen molar-refractivity contribution < 1.29 is 23.2 Å². The zero-order valence-electron chi connectivity index (χ0n) is 14.1. The standard InChI is InChI=1S/C18H10F3N3O3S/c1-9-6-10(2-4-14(9)24(26)27)16(25)12(8-22)17-23-13-7-11(18(19,20)21)3-5-15(13)28-17/h2-7,25H,1H3. The monoisotopic (exact) mass is 405 g/mol. The molecule has 0 radical (unpaired) electrons. The number of nitro groups is 1. The zero-order chi connectivity index (χ0) is 20.6. The maximum atomic E-state index is 12.9. The van der Waals surface area contributed by atoms with E-state index in [9.17, 15) is 33.7 Å². The van der Waals surface area contributed by atoms with Crippen molar-refractivity contribution in [2.75, 3.05) is 0 Å². The van der Waals surface area contributed by atoms with Gasteiger partial charge in [0.25, 0.3) is 5.69 Å². The first-order valence-electron chi connectivity index (χ1n) is 7.68. The number of aryl methyl sites for hydroxylation is 1. The summed E-state index contributed by atoms with van der Waals surface area (Å²) in [5, 5.41) is 30.9. The average molecular weight is 405 g/mol. The summed E-state index contributed by atoms with van der Waals surface area (Å²) in [7, 11) is 0. The number of nitrogens with zero attached hydrogens (tertiary/aromatic N) is 3. The number of alkyl halides is 3. The molecule has 1 aromatic heterocycles. The van der Waals surface area contributed by atoms with E-state index in [-0.39, 0.29) is 32.9 Å².